The van der Waals surface area contributed by atoms with E-state index in [0.29, 0.717) is 22.5 Å². The Morgan fingerprint density at radius 1 is 0.955 bits per heavy atom. The van der Waals surface area contributed by atoms with Crippen molar-refractivity contribution in [3.05, 3.63) is 102 Å². The number of H-pyrrole nitrogens is 1. The van der Waals surface area contributed by atoms with Gasteiger partial charge in [-0.2, -0.15) is 37.2 Å². The molecule has 6 rings (SSSR count). The topological polar surface area (TPSA) is 120 Å². The summed E-state index contributed by atoms with van der Waals surface area (Å²) in [5.74, 6) is -0.715. The van der Waals surface area contributed by atoms with E-state index in [1.807, 2.05) is 0 Å². The van der Waals surface area contributed by atoms with Crippen LogP contribution in [0.15, 0.2) is 73.7 Å². The predicted molar refractivity (Wildman–Crippen MR) is 140 cm³/mol. The fraction of sp³-hybridized carbons (Fsp3) is 0.154. The summed E-state index contributed by atoms with van der Waals surface area (Å²) in [6.45, 7) is -2.96. The van der Waals surface area contributed by atoms with Crippen LogP contribution in [0.5, 0.6) is 0 Å². The molecule has 0 aliphatic carbocycles. The molecule has 6 aromatic rings. The molecule has 0 aliphatic heterocycles. The maximum Gasteiger partial charge on any atom is 0.433 e. The standard InChI is InChI=1S/C26H16ClF6N11/c27-18-2-4-20(43-13-36-40-41-43)23(24(18)28)15-1-3-19(35-9-15)21(8-17-11-38-44(39-17)25(29)30)42-12-16(10-37-42)14-5-6-34-22(7-14)26(31,32)33/h1-7,9-13,21,25H,8H2/p+1/t21-/m0/s1. The summed E-state index contributed by atoms with van der Waals surface area (Å²) in [5.41, 5.74) is 0.796. The van der Waals surface area contributed by atoms with Crippen molar-refractivity contribution < 1.29 is 31.0 Å². The lowest BCUT2D eigenvalue weighted by Gasteiger charge is -2.17. The van der Waals surface area contributed by atoms with Crippen LogP contribution >= 0.6 is 11.6 Å². The maximum absolute atomic E-state index is 15.3. The number of tetrazole rings is 1. The molecule has 1 aromatic carbocycles. The normalized spacial score (nSPS) is 12.6. The van der Waals surface area contributed by atoms with Crippen LogP contribution in [0.4, 0.5) is 26.3 Å². The molecule has 0 saturated heterocycles. The highest BCUT2D eigenvalue weighted by molar-refractivity contribution is 6.31. The summed E-state index contributed by atoms with van der Waals surface area (Å²) in [5, 5.41) is 21.5. The monoisotopic (exact) mass is 632 g/mol. The second-order valence-electron chi connectivity index (χ2n) is 9.32. The molecule has 0 radical (unpaired) electrons. The van der Waals surface area contributed by atoms with Crippen molar-refractivity contribution in [3.63, 3.8) is 0 Å². The third kappa shape index (κ3) is 5.72. The van der Waals surface area contributed by atoms with E-state index in [9.17, 15) is 22.0 Å². The van der Waals surface area contributed by atoms with Gasteiger partial charge in [0.25, 0.3) is 6.33 Å². The van der Waals surface area contributed by atoms with E-state index < -0.39 is 30.3 Å². The van der Waals surface area contributed by atoms with Crippen LogP contribution in [-0.2, 0) is 12.6 Å². The molecule has 1 atom stereocenters. The van der Waals surface area contributed by atoms with Crippen LogP contribution in [0.1, 0.15) is 29.7 Å². The van der Waals surface area contributed by atoms with Crippen molar-refractivity contribution in [2.45, 2.75) is 25.2 Å². The van der Waals surface area contributed by atoms with E-state index in [2.05, 4.69) is 40.8 Å². The number of rotatable bonds is 8. The number of benzene rings is 1. The summed E-state index contributed by atoms with van der Waals surface area (Å²) in [6.07, 6.45) is 3.12. The minimum Gasteiger partial charge on any atom is -0.263 e. The van der Waals surface area contributed by atoms with Crippen molar-refractivity contribution in [1.82, 2.24) is 50.3 Å². The van der Waals surface area contributed by atoms with E-state index in [0.717, 1.165) is 12.3 Å². The van der Waals surface area contributed by atoms with Crippen molar-refractivity contribution in [2.24, 2.45) is 0 Å². The Balaban J connectivity index is 1.39. The molecule has 0 aliphatic rings. The molecular weight excluding hydrogens is 616 g/mol. The van der Waals surface area contributed by atoms with Crippen LogP contribution in [-0.4, -0.2) is 50.3 Å². The number of alkyl halides is 5. The van der Waals surface area contributed by atoms with Crippen molar-refractivity contribution in [2.75, 3.05) is 0 Å². The Morgan fingerprint density at radius 3 is 2.48 bits per heavy atom. The first-order chi connectivity index (χ1) is 21.1. The molecule has 0 fully saturated rings. The minimum atomic E-state index is -4.65. The fourth-order valence-electron chi connectivity index (χ4n) is 4.51. The van der Waals surface area contributed by atoms with E-state index >= 15 is 4.39 Å². The second-order valence-corrected chi connectivity index (χ2v) is 9.73. The van der Waals surface area contributed by atoms with Gasteiger partial charge in [0.1, 0.15) is 16.5 Å². The van der Waals surface area contributed by atoms with Gasteiger partial charge in [-0.3, -0.25) is 14.6 Å². The third-order valence-corrected chi connectivity index (χ3v) is 6.86. The summed E-state index contributed by atoms with van der Waals surface area (Å²) in [7, 11) is 0. The maximum atomic E-state index is 15.3. The number of hydrogen-bond acceptors (Lipinski definition) is 7. The zero-order valence-corrected chi connectivity index (χ0v) is 22.7. The van der Waals surface area contributed by atoms with Gasteiger partial charge in [-0.15, -0.1) is 9.48 Å². The van der Waals surface area contributed by atoms with Gasteiger partial charge in [-0.1, -0.05) is 22.9 Å². The largest absolute Gasteiger partial charge is 0.433 e. The Bertz CT molecular complexity index is 1900. The fourth-order valence-corrected chi connectivity index (χ4v) is 4.67. The van der Waals surface area contributed by atoms with Gasteiger partial charge in [-0.25, -0.2) is 4.39 Å². The highest BCUT2D eigenvalue weighted by Gasteiger charge is 2.32. The number of nitrogens with zero attached hydrogens (tertiary/aromatic N) is 10. The molecule has 224 valence electrons. The van der Waals surface area contributed by atoms with Gasteiger partial charge in [0, 0.05) is 36.1 Å². The molecule has 0 amide bonds. The highest BCUT2D eigenvalue weighted by Crippen LogP contribution is 2.33. The number of aromatic nitrogens is 11. The minimum absolute atomic E-state index is 0.0171. The van der Waals surface area contributed by atoms with Gasteiger partial charge < -0.3 is 0 Å². The molecule has 0 unspecified atom stereocenters. The lowest BCUT2D eigenvalue weighted by molar-refractivity contribution is -0.659. The number of halogens is 7. The van der Waals surface area contributed by atoms with E-state index in [1.165, 1.54) is 52.6 Å². The highest BCUT2D eigenvalue weighted by atomic mass is 35.5. The summed E-state index contributed by atoms with van der Waals surface area (Å²) < 4.78 is 84.1. The van der Waals surface area contributed by atoms with E-state index in [1.54, 1.807) is 18.2 Å². The summed E-state index contributed by atoms with van der Waals surface area (Å²) in [4.78, 5) is 8.14. The van der Waals surface area contributed by atoms with E-state index in [4.69, 9.17) is 11.6 Å². The second kappa shape index (κ2) is 11.5. The molecule has 0 spiro atoms. The van der Waals surface area contributed by atoms with Crippen molar-refractivity contribution >= 4 is 11.6 Å². The van der Waals surface area contributed by atoms with Gasteiger partial charge in [0.05, 0.1) is 40.4 Å². The third-order valence-electron chi connectivity index (χ3n) is 6.56. The van der Waals surface area contributed by atoms with E-state index in [-0.39, 0.29) is 33.1 Å². The smallest absolute Gasteiger partial charge is 0.263 e. The molecule has 18 heteroatoms. The average molecular weight is 633 g/mol. The molecule has 1 N–H and O–H groups in total. The first kappa shape index (κ1) is 28.9. The molecule has 11 nitrogen and oxygen atoms in total. The van der Waals surface area contributed by atoms with Gasteiger partial charge >= 0.3 is 12.7 Å². The first-order valence-electron chi connectivity index (χ1n) is 12.6. The zero-order valence-electron chi connectivity index (χ0n) is 21.9. The molecule has 44 heavy (non-hydrogen) atoms. The lowest BCUT2D eigenvalue weighted by atomic mass is 10.0. The van der Waals surface area contributed by atoms with Gasteiger partial charge in [0.2, 0.25) is 0 Å². The Morgan fingerprint density at radius 2 is 1.80 bits per heavy atom. The summed E-state index contributed by atoms with van der Waals surface area (Å²) >= 11 is 6.07. The van der Waals surface area contributed by atoms with Gasteiger partial charge in [0.15, 0.2) is 11.0 Å². The Kier molecular flexibility index (Phi) is 7.54. The SMILES string of the molecule is Fc1c(Cl)ccc(-[n+]2cnn[nH]2)c1-c1ccc([C@H](Cc2cnn(C(F)F)n2)n2cc(-c3ccnc(C(F)(F)F)c3)cn2)nc1. The lowest BCUT2D eigenvalue weighted by Crippen LogP contribution is -2.33. The van der Waals surface area contributed by atoms with Crippen LogP contribution in [0, 0.1) is 5.82 Å². The summed E-state index contributed by atoms with van der Waals surface area (Å²) in [6, 6.07) is 7.62. The quantitative estimate of drug-likeness (QED) is 0.185. The number of aromatic amines is 1. The number of hydrogen-bond donors (Lipinski definition) is 1. The van der Waals surface area contributed by atoms with Crippen LogP contribution in [0.3, 0.4) is 0 Å². The Labute approximate surface area is 247 Å². The molecule has 0 saturated carbocycles. The first-order valence-corrected chi connectivity index (χ1v) is 13.0. The number of nitrogens with one attached hydrogen (secondary N) is 1. The van der Waals surface area contributed by atoms with Crippen LogP contribution < -0.4 is 4.68 Å². The molecule has 5 heterocycles. The zero-order chi connectivity index (χ0) is 31.0. The van der Waals surface area contributed by atoms with Crippen molar-refractivity contribution in [3.8, 4) is 27.9 Å². The predicted octanol–water partition coefficient (Wildman–Crippen LogP) is 5.03. The molecule has 0 bridgehead atoms. The number of pyridine rings is 2. The average Bonchev–Trinajstić information content (AvgIpc) is 3.80. The van der Waals surface area contributed by atoms with Crippen LogP contribution in [0.2, 0.25) is 5.02 Å². The molecular formula is C26H17ClF6N11+. The van der Waals surface area contributed by atoms with Crippen LogP contribution in [0.25, 0.3) is 27.9 Å². The Hall–Kier alpha value is -5.19. The van der Waals surface area contributed by atoms with Gasteiger partial charge in [-0.05, 0) is 35.9 Å². The van der Waals surface area contributed by atoms with Crippen molar-refractivity contribution in [1.29, 1.82) is 0 Å². The molecule has 5 aromatic heterocycles.